The minimum atomic E-state index is -4.06. The van der Waals surface area contributed by atoms with Gasteiger partial charge >= 0.3 is 5.97 Å². The van der Waals surface area contributed by atoms with E-state index < -0.39 is 36.6 Å². The summed E-state index contributed by atoms with van der Waals surface area (Å²) in [7, 11) is -5.67. The van der Waals surface area contributed by atoms with Crippen LogP contribution in [-0.2, 0) is 28.3 Å². The van der Waals surface area contributed by atoms with Crippen molar-refractivity contribution in [3.63, 3.8) is 0 Å². The highest BCUT2D eigenvalue weighted by molar-refractivity contribution is 7.86. The van der Waals surface area contributed by atoms with Crippen molar-refractivity contribution in [3.8, 4) is 0 Å². The summed E-state index contributed by atoms with van der Waals surface area (Å²) >= 11 is 0. The van der Waals surface area contributed by atoms with Gasteiger partial charge in [0.1, 0.15) is 0 Å². The first-order valence-electron chi connectivity index (χ1n) is 13.8. The van der Waals surface area contributed by atoms with E-state index >= 15 is 0 Å². The largest absolute Gasteiger partial charge is 0.469 e. The molecule has 40 heavy (non-hydrogen) atoms. The molecule has 0 unspecified atom stereocenters. The molecule has 6 nitrogen and oxygen atoms in total. The van der Waals surface area contributed by atoms with E-state index in [1.54, 1.807) is 24.3 Å². The van der Waals surface area contributed by atoms with Crippen LogP contribution in [-0.4, -0.2) is 42.0 Å². The summed E-state index contributed by atoms with van der Waals surface area (Å²) < 4.78 is 45.0. The van der Waals surface area contributed by atoms with Crippen molar-refractivity contribution in [3.05, 3.63) is 90.5 Å². The standard InChI is InChI=1S/C32H40O6SSi/c1-23-17-19-26(20-18-23)39(34,35)37-29-21-25(31(33)36-6)22-30(24(29)2)38-40(32(3,4)5,27-13-9-7-10-14-27)28-15-11-8-12-16-28/h7-20,24-25,29-30H,21-22H2,1-6H3/t24-,25+,29+,30-/m0/s1. The third-order valence-corrected chi connectivity index (χ3v) is 14.5. The first-order chi connectivity index (χ1) is 18.9. The van der Waals surface area contributed by atoms with Gasteiger partial charge in [0.05, 0.1) is 30.1 Å². The van der Waals surface area contributed by atoms with Gasteiger partial charge in [-0.25, -0.2) is 0 Å². The number of hydrogen-bond donors (Lipinski definition) is 0. The topological polar surface area (TPSA) is 78.9 Å². The van der Waals surface area contributed by atoms with Crippen molar-refractivity contribution in [2.24, 2.45) is 11.8 Å². The number of rotatable bonds is 8. The van der Waals surface area contributed by atoms with Crippen LogP contribution in [0.3, 0.4) is 0 Å². The number of carbonyl (C=O) groups excluding carboxylic acids is 1. The molecule has 1 aliphatic carbocycles. The molecular formula is C32H40O6SSi. The summed E-state index contributed by atoms with van der Waals surface area (Å²) in [5.41, 5.74) is 0.953. The molecule has 0 aromatic heterocycles. The number of carbonyl (C=O) groups is 1. The molecule has 1 fully saturated rings. The third-order valence-electron chi connectivity index (χ3n) is 8.05. The fourth-order valence-corrected chi connectivity index (χ4v) is 11.7. The van der Waals surface area contributed by atoms with Crippen LogP contribution in [0, 0.1) is 18.8 Å². The summed E-state index contributed by atoms with van der Waals surface area (Å²) in [5, 5.41) is 1.95. The van der Waals surface area contributed by atoms with Gasteiger partial charge in [-0.1, -0.05) is 106 Å². The molecule has 214 valence electrons. The average molecular weight is 581 g/mol. The number of methoxy groups -OCH3 is 1. The summed E-state index contributed by atoms with van der Waals surface area (Å²) in [6.45, 7) is 10.4. The van der Waals surface area contributed by atoms with E-state index in [-0.39, 0.29) is 28.2 Å². The lowest BCUT2D eigenvalue weighted by Crippen LogP contribution is -2.68. The van der Waals surface area contributed by atoms with Crippen LogP contribution < -0.4 is 10.4 Å². The van der Waals surface area contributed by atoms with Gasteiger partial charge in [0, 0.05) is 5.92 Å². The van der Waals surface area contributed by atoms with Crippen molar-refractivity contribution < 1.29 is 26.6 Å². The molecule has 3 aromatic carbocycles. The van der Waals surface area contributed by atoms with Crippen LogP contribution >= 0.6 is 0 Å². The lowest BCUT2D eigenvalue weighted by molar-refractivity contribution is -0.150. The zero-order valence-corrected chi connectivity index (χ0v) is 26.0. The second-order valence-electron chi connectivity index (χ2n) is 11.8. The van der Waals surface area contributed by atoms with Gasteiger partial charge in [-0.3, -0.25) is 8.98 Å². The average Bonchev–Trinajstić information content (AvgIpc) is 2.93. The molecule has 1 saturated carbocycles. The molecule has 0 heterocycles. The summed E-state index contributed by atoms with van der Waals surface area (Å²) in [4.78, 5) is 13.0. The fourth-order valence-electron chi connectivity index (χ4n) is 5.81. The van der Waals surface area contributed by atoms with Crippen LogP contribution in [0.25, 0.3) is 0 Å². The number of ether oxygens (including phenoxy) is 1. The first kappa shape index (κ1) is 30.2. The maximum Gasteiger partial charge on any atom is 0.308 e. The van der Waals surface area contributed by atoms with Crippen molar-refractivity contribution in [2.45, 2.75) is 69.6 Å². The van der Waals surface area contributed by atoms with Crippen LogP contribution in [0.2, 0.25) is 5.04 Å². The van der Waals surface area contributed by atoms with Gasteiger partial charge in [0.2, 0.25) is 0 Å². The quantitative estimate of drug-likeness (QED) is 0.206. The zero-order chi connectivity index (χ0) is 29.1. The lowest BCUT2D eigenvalue weighted by Gasteiger charge is -2.48. The Balaban J connectivity index is 1.78. The third kappa shape index (κ3) is 6.10. The van der Waals surface area contributed by atoms with Gasteiger partial charge in [-0.15, -0.1) is 0 Å². The van der Waals surface area contributed by atoms with Crippen molar-refractivity contribution >= 4 is 34.8 Å². The van der Waals surface area contributed by atoms with E-state index in [0.29, 0.717) is 6.42 Å². The smallest absolute Gasteiger partial charge is 0.308 e. The molecule has 0 radical (unpaired) electrons. The monoisotopic (exact) mass is 580 g/mol. The highest BCUT2D eigenvalue weighted by Gasteiger charge is 2.54. The molecule has 0 bridgehead atoms. The summed E-state index contributed by atoms with van der Waals surface area (Å²) in [5.74, 6) is -1.24. The van der Waals surface area contributed by atoms with E-state index in [2.05, 4.69) is 45.0 Å². The molecular weight excluding hydrogens is 540 g/mol. The zero-order valence-electron chi connectivity index (χ0n) is 24.2. The van der Waals surface area contributed by atoms with Crippen molar-refractivity contribution in [2.75, 3.05) is 7.11 Å². The maximum absolute atomic E-state index is 13.3. The molecule has 0 N–H and O–H groups in total. The number of aryl methyl sites for hydroxylation is 1. The summed E-state index contributed by atoms with van der Waals surface area (Å²) in [6.07, 6.45) is -0.544. The predicted octanol–water partition coefficient (Wildman–Crippen LogP) is 5.23. The Kier molecular flexibility index (Phi) is 9.04. The number of benzene rings is 3. The van der Waals surface area contributed by atoms with E-state index in [4.69, 9.17) is 13.3 Å². The van der Waals surface area contributed by atoms with E-state index in [1.807, 2.05) is 50.2 Å². The molecule has 0 spiro atoms. The van der Waals surface area contributed by atoms with Crippen molar-refractivity contribution in [1.82, 2.24) is 0 Å². The van der Waals surface area contributed by atoms with Crippen LogP contribution in [0.4, 0.5) is 0 Å². The lowest BCUT2D eigenvalue weighted by atomic mass is 9.79. The summed E-state index contributed by atoms with van der Waals surface area (Å²) in [6, 6.07) is 27.1. The second kappa shape index (κ2) is 12.0. The molecule has 0 amide bonds. The molecule has 4 atom stereocenters. The van der Waals surface area contributed by atoms with E-state index in [9.17, 15) is 13.2 Å². The molecule has 8 heteroatoms. The molecule has 0 aliphatic heterocycles. The Morgan fingerprint density at radius 2 is 1.32 bits per heavy atom. The minimum absolute atomic E-state index is 0.0925. The van der Waals surface area contributed by atoms with Crippen LogP contribution in [0.1, 0.15) is 46.1 Å². The van der Waals surface area contributed by atoms with Crippen molar-refractivity contribution in [1.29, 1.82) is 0 Å². The van der Waals surface area contributed by atoms with Gasteiger partial charge in [0.25, 0.3) is 18.4 Å². The number of hydrogen-bond acceptors (Lipinski definition) is 6. The molecule has 3 aromatic rings. The Hall–Kier alpha value is -2.78. The Bertz CT molecular complexity index is 1350. The molecule has 1 aliphatic rings. The Morgan fingerprint density at radius 3 is 1.80 bits per heavy atom. The second-order valence-corrected chi connectivity index (χ2v) is 17.6. The maximum atomic E-state index is 13.3. The highest BCUT2D eigenvalue weighted by atomic mass is 32.2. The van der Waals surface area contributed by atoms with Gasteiger partial charge in [-0.2, -0.15) is 8.42 Å². The van der Waals surface area contributed by atoms with Crippen LogP contribution in [0.15, 0.2) is 89.8 Å². The van der Waals surface area contributed by atoms with E-state index in [0.717, 1.165) is 15.9 Å². The predicted molar refractivity (Wildman–Crippen MR) is 160 cm³/mol. The fraction of sp³-hybridized carbons (Fsp3) is 0.406. The highest BCUT2D eigenvalue weighted by Crippen LogP contribution is 2.42. The molecule has 0 saturated heterocycles. The Labute approximate surface area is 239 Å². The minimum Gasteiger partial charge on any atom is -0.469 e. The van der Waals surface area contributed by atoms with Gasteiger partial charge < -0.3 is 9.16 Å². The first-order valence-corrected chi connectivity index (χ1v) is 17.1. The normalized spacial score (nSPS) is 22.1. The van der Waals surface area contributed by atoms with Gasteiger partial charge in [0.15, 0.2) is 0 Å². The number of esters is 1. The van der Waals surface area contributed by atoms with Gasteiger partial charge in [-0.05, 0) is 47.3 Å². The molecule has 4 rings (SSSR count). The SMILES string of the molecule is COC(=O)[C@H]1C[C@H](O[Si](c2ccccc2)(c2ccccc2)C(C)(C)C)[C@@H](C)[C@H](OS(=O)(=O)c2ccc(C)cc2)C1. The van der Waals surface area contributed by atoms with Crippen LogP contribution in [0.5, 0.6) is 0 Å². The Morgan fingerprint density at radius 1 is 0.825 bits per heavy atom. The van der Waals surface area contributed by atoms with E-state index in [1.165, 1.54) is 7.11 Å².